The first kappa shape index (κ1) is 14.0. The van der Waals surface area contributed by atoms with Gasteiger partial charge in [-0.2, -0.15) is 4.98 Å². The lowest BCUT2D eigenvalue weighted by atomic mass is 9.83. The molecule has 0 bridgehead atoms. The molecule has 5 heteroatoms. The van der Waals surface area contributed by atoms with Crippen LogP contribution in [-0.4, -0.2) is 23.1 Å². The molecule has 19 heavy (non-hydrogen) atoms. The third-order valence-corrected chi connectivity index (χ3v) is 3.77. The van der Waals surface area contributed by atoms with E-state index in [0.717, 1.165) is 19.0 Å². The molecule has 0 aliphatic heterocycles. The van der Waals surface area contributed by atoms with Crippen LogP contribution in [0.2, 0.25) is 0 Å². The van der Waals surface area contributed by atoms with Crippen LogP contribution in [0, 0.1) is 17.7 Å². The first-order valence-electron chi connectivity index (χ1n) is 7.19. The molecule has 0 amide bonds. The van der Waals surface area contributed by atoms with Gasteiger partial charge in [-0.15, -0.1) is 0 Å². The molecule has 1 aromatic heterocycles. The molecule has 0 spiro atoms. The third-order valence-electron chi connectivity index (χ3n) is 3.77. The number of nitrogens with one attached hydrogen (secondary N) is 2. The number of anilines is 2. The van der Waals surface area contributed by atoms with Gasteiger partial charge in [0.25, 0.3) is 0 Å². The largest absolute Gasteiger partial charge is 0.367 e. The standard InChI is InChI=1S/C14H23FN4/c1-3-16-14-18-9-12(15)13(19-14)17-8-11-6-4-10(2)5-7-11/h9-11H,3-8H2,1-2H3,(H2,16,17,18,19). The molecule has 1 fully saturated rings. The number of aromatic nitrogens is 2. The highest BCUT2D eigenvalue weighted by molar-refractivity contribution is 5.40. The summed E-state index contributed by atoms with van der Waals surface area (Å²) in [4.78, 5) is 8.05. The Kier molecular flexibility index (Phi) is 4.93. The van der Waals surface area contributed by atoms with Crippen molar-refractivity contribution in [1.29, 1.82) is 0 Å². The fraction of sp³-hybridized carbons (Fsp3) is 0.714. The average molecular weight is 266 g/mol. The van der Waals surface area contributed by atoms with Crippen molar-refractivity contribution >= 4 is 11.8 Å². The molecule has 1 aliphatic carbocycles. The fourth-order valence-electron chi connectivity index (χ4n) is 2.51. The molecule has 2 rings (SSSR count). The van der Waals surface area contributed by atoms with Gasteiger partial charge in [0.1, 0.15) is 0 Å². The predicted molar refractivity (Wildman–Crippen MR) is 75.8 cm³/mol. The van der Waals surface area contributed by atoms with E-state index in [-0.39, 0.29) is 5.82 Å². The molecule has 0 radical (unpaired) electrons. The van der Waals surface area contributed by atoms with Crippen molar-refractivity contribution in [2.75, 3.05) is 23.7 Å². The van der Waals surface area contributed by atoms with Crippen molar-refractivity contribution < 1.29 is 4.39 Å². The zero-order valence-electron chi connectivity index (χ0n) is 11.7. The van der Waals surface area contributed by atoms with Gasteiger partial charge in [0.2, 0.25) is 5.95 Å². The molecule has 1 aliphatic rings. The minimum Gasteiger partial charge on any atom is -0.367 e. The lowest BCUT2D eigenvalue weighted by Gasteiger charge is -2.26. The number of nitrogens with zero attached hydrogens (tertiary/aromatic N) is 2. The third kappa shape index (κ3) is 4.04. The summed E-state index contributed by atoms with van der Waals surface area (Å²) in [6, 6.07) is 0. The molecule has 0 unspecified atom stereocenters. The summed E-state index contributed by atoms with van der Waals surface area (Å²) in [6.45, 7) is 5.79. The molecule has 2 N–H and O–H groups in total. The summed E-state index contributed by atoms with van der Waals surface area (Å²) in [5.41, 5.74) is 0. The van der Waals surface area contributed by atoms with E-state index >= 15 is 0 Å². The van der Waals surface area contributed by atoms with Crippen LogP contribution >= 0.6 is 0 Å². The molecule has 1 saturated carbocycles. The first-order valence-corrected chi connectivity index (χ1v) is 7.19. The summed E-state index contributed by atoms with van der Waals surface area (Å²) in [5.74, 6) is 1.87. The van der Waals surface area contributed by atoms with Crippen LogP contribution in [0.4, 0.5) is 16.2 Å². The van der Waals surface area contributed by atoms with Gasteiger partial charge in [-0.25, -0.2) is 9.37 Å². The van der Waals surface area contributed by atoms with E-state index in [1.807, 2.05) is 6.92 Å². The zero-order chi connectivity index (χ0) is 13.7. The smallest absolute Gasteiger partial charge is 0.224 e. The molecule has 1 heterocycles. The minimum absolute atomic E-state index is 0.310. The molecule has 4 nitrogen and oxygen atoms in total. The topological polar surface area (TPSA) is 49.8 Å². The quantitative estimate of drug-likeness (QED) is 0.858. The molecule has 0 atom stereocenters. The summed E-state index contributed by atoms with van der Waals surface area (Å²) >= 11 is 0. The molecule has 0 saturated heterocycles. The van der Waals surface area contributed by atoms with E-state index in [0.29, 0.717) is 17.7 Å². The van der Waals surface area contributed by atoms with Gasteiger partial charge in [0.15, 0.2) is 11.6 Å². The second-order valence-corrected chi connectivity index (χ2v) is 5.43. The maximum Gasteiger partial charge on any atom is 0.224 e. The molecular weight excluding hydrogens is 243 g/mol. The Morgan fingerprint density at radius 1 is 1.26 bits per heavy atom. The van der Waals surface area contributed by atoms with Crippen molar-refractivity contribution in [2.45, 2.75) is 39.5 Å². The Bertz CT molecular complexity index is 402. The van der Waals surface area contributed by atoms with Gasteiger partial charge in [-0.1, -0.05) is 19.8 Å². The molecule has 106 valence electrons. The number of hydrogen-bond acceptors (Lipinski definition) is 4. The number of hydrogen-bond donors (Lipinski definition) is 2. The van der Waals surface area contributed by atoms with Gasteiger partial charge in [0, 0.05) is 13.1 Å². The summed E-state index contributed by atoms with van der Waals surface area (Å²) in [6.07, 6.45) is 6.22. The monoisotopic (exact) mass is 266 g/mol. The Hall–Kier alpha value is -1.39. The Morgan fingerprint density at radius 2 is 2.00 bits per heavy atom. The van der Waals surface area contributed by atoms with Crippen LogP contribution in [-0.2, 0) is 0 Å². The van der Waals surface area contributed by atoms with E-state index < -0.39 is 0 Å². The SMILES string of the molecule is CCNc1ncc(F)c(NCC2CCC(C)CC2)n1. The average Bonchev–Trinajstić information content (AvgIpc) is 2.41. The lowest BCUT2D eigenvalue weighted by molar-refractivity contribution is 0.300. The fourth-order valence-corrected chi connectivity index (χ4v) is 2.51. The zero-order valence-corrected chi connectivity index (χ0v) is 11.7. The van der Waals surface area contributed by atoms with Crippen LogP contribution in [0.25, 0.3) is 0 Å². The van der Waals surface area contributed by atoms with E-state index in [4.69, 9.17) is 0 Å². The molecule has 1 aromatic rings. The summed E-state index contributed by atoms with van der Waals surface area (Å²) < 4.78 is 13.6. The van der Waals surface area contributed by atoms with Gasteiger partial charge in [-0.3, -0.25) is 0 Å². The van der Waals surface area contributed by atoms with Crippen LogP contribution in [0.3, 0.4) is 0 Å². The highest BCUT2D eigenvalue weighted by Crippen LogP contribution is 2.28. The predicted octanol–water partition coefficient (Wildman–Crippen LogP) is 3.29. The minimum atomic E-state index is -0.383. The van der Waals surface area contributed by atoms with Crippen molar-refractivity contribution in [3.8, 4) is 0 Å². The van der Waals surface area contributed by atoms with Crippen LogP contribution in [0.1, 0.15) is 39.5 Å². The second-order valence-electron chi connectivity index (χ2n) is 5.43. The lowest BCUT2D eigenvalue weighted by Crippen LogP contribution is -2.21. The van der Waals surface area contributed by atoms with Gasteiger partial charge in [-0.05, 0) is 31.6 Å². The van der Waals surface area contributed by atoms with E-state index in [1.165, 1.54) is 31.9 Å². The highest BCUT2D eigenvalue weighted by atomic mass is 19.1. The normalized spacial score (nSPS) is 23.1. The van der Waals surface area contributed by atoms with E-state index in [1.54, 1.807) is 0 Å². The van der Waals surface area contributed by atoms with E-state index in [9.17, 15) is 4.39 Å². The van der Waals surface area contributed by atoms with E-state index in [2.05, 4.69) is 27.5 Å². The Morgan fingerprint density at radius 3 is 2.68 bits per heavy atom. The van der Waals surface area contributed by atoms with Crippen LogP contribution in [0.5, 0.6) is 0 Å². The van der Waals surface area contributed by atoms with Gasteiger partial charge < -0.3 is 10.6 Å². The highest BCUT2D eigenvalue weighted by Gasteiger charge is 2.18. The van der Waals surface area contributed by atoms with Crippen molar-refractivity contribution in [1.82, 2.24) is 9.97 Å². The number of halogens is 1. The van der Waals surface area contributed by atoms with Crippen LogP contribution < -0.4 is 10.6 Å². The first-order chi connectivity index (χ1) is 9.19. The second kappa shape index (κ2) is 6.68. The molecular formula is C14H23FN4. The van der Waals surface area contributed by atoms with Crippen molar-refractivity contribution in [3.05, 3.63) is 12.0 Å². The van der Waals surface area contributed by atoms with Crippen molar-refractivity contribution in [2.24, 2.45) is 11.8 Å². The maximum atomic E-state index is 13.6. The van der Waals surface area contributed by atoms with Gasteiger partial charge >= 0.3 is 0 Å². The Labute approximate surface area is 114 Å². The Balaban J connectivity index is 1.89. The van der Waals surface area contributed by atoms with Crippen LogP contribution in [0.15, 0.2) is 6.20 Å². The maximum absolute atomic E-state index is 13.6. The number of rotatable bonds is 5. The van der Waals surface area contributed by atoms with Gasteiger partial charge in [0.05, 0.1) is 6.20 Å². The van der Waals surface area contributed by atoms with Crippen molar-refractivity contribution in [3.63, 3.8) is 0 Å². The summed E-state index contributed by atoms with van der Waals surface area (Å²) in [7, 11) is 0. The summed E-state index contributed by atoms with van der Waals surface area (Å²) in [5, 5.41) is 6.12. The molecule has 0 aromatic carbocycles.